The summed E-state index contributed by atoms with van der Waals surface area (Å²) < 4.78 is 5.93. The molecule has 1 aliphatic heterocycles. The number of carbonyl (C=O) groups excluding carboxylic acids is 1. The number of piperidine rings is 1. The van der Waals surface area contributed by atoms with E-state index >= 15 is 0 Å². The lowest BCUT2D eigenvalue weighted by atomic mass is 9.98. The van der Waals surface area contributed by atoms with Crippen LogP contribution in [0.25, 0.3) is 0 Å². The van der Waals surface area contributed by atoms with Crippen molar-refractivity contribution in [2.24, 2.45) is 5.92 Å². The minimum atomic E-state index is -0.0516. The molecule has 5 heteroatoms. The quantitative estimate of drug-likeness (QED) is 0.891. The summed E-state index contributed by atoms with van der Waals surface area (Å²) in [5.74, 6) is 1.22. The summed E-state index contributed by atoms with van der Waals surface area (Å²) in [6, 6.07) is 5.41. The van der Waals surface area contributed by atoms with Crippen LogP contribution < -0.4 is 15.4 Å². The number of carbonyl (C=O) groups is 1. The molecule has 2 N–H and O–H groups in total. The van der Waals surface area contributed by atoms with Gasteiger partial charge in [0.15, 0.2) is 0 Å². The lowest BCUT2D eigenvalue weighted by molar-refractivity contribution is 0.0943. The minimum Gasteiger partial charge on any atom is -0.497 e. The lowest BCUT2D eigenvalue weighted by Crippen LogP contribution is -2.36. The summed E-state index contributed by atoms with van der Waals surface area (Å²) in [4.78, 5) is 12.2. The highest BCUT2D eigenvalue weighted by atomic mass is 79.9. The molecule has 0 bridgehead atoms. The Kier molecular flexibility index (Phi) is 5.22. The van der Waals surface area contributed by atoms with Crippen LogP contribution in [0.4, 0.5) is 0 Å². The molecule has 104 valence electrons. The third kappa shape index (κ3) is 3.94. The van der Waals surface area contributed by atoms with Crippen LogP contribution in [0.2, 0.25) is 0 Å². The molecule has 1 saturated heterocycles. The molecule has 0 unspecified atom stereocenters. The van der Waals surface area contributed by atoms with Crippen LogP contribution in [0.3, 0.4) is 0 Å². The van der Waals surface area contributed by atoms with Gasteiger partial charge in [-0.2, -0.15) is 0 Å². The summed E-state index contributed by atoms with van der Waals surface area (Å²) in [5.41, 5.74) is 0.619. The Labute approximate surface area is 122 Å². The van der Waals surface area contributed by atoms with Crippen molar-refractivity contribution in [2.75, 3.05) is 26.7 Å². The maximum absolute atomic E-state index is 12.2. The maximum Gasteiger partial charge on any atom is 0.252 e. The van der Waals surface area contributed by atoms with E-state index in [4.69, 9.17) is 4.74 Å². The Balaban J connectivity index is 1.95. The molecule has 1 amide bonds. The van der Waals surface area contributed by atoms with Gasteiger partial charge in [0, 0.05) is 11.0 Å². The van der Waals surface area contributed by atoms with Gasteiger partial charge >= 0.3 is 0 Å². The van der Waals surface area contributed by atoms with Crippen molar-refractivity contribution in [1.82, 2.24) is 10.6 Å². The molecule has 1 heterocycles. The fourth-order valence-corrected chi connectivity index (χ4v) is 2.65. The fraction of sp³-hybridized carbons (Fsp3) is 0.500. The molecular weight excluding hydrogens is 308 g/mol. The molecule has 0 spiro atoms. The number of halogens is 1. The Hall–Kier alpha value is -1.07. The van der Waals surface area contributed by atoms with Crippen LogP contribution in [0, 0.1) is 5.92 Å². The lowest BCUT2D eigenvalue weighted by Gasteiger charge is -2.22. The first-order chi connectivity index (χ1) is 9.20. The van der Waals surface area contributed by atoms with Gasteiger partial charge in [-0.05, 0) is 66.0 Å². The highest BCUT2D eigenvalue weighted by Crippen LogP contribution is 2.22. The molecule has 1 aromatic rings. The number of rotatable bonds is 4. The molecular formula is C14H19BrN2O2. The third-order valence-electron chi connectivity index (χ3n) is 3.43. The second-order valence-corrected chi connectivity index (χ2v) is 5.60. The maximum atomic E-state index is 12.2. The van der Waals surface area contributed by atoms with Gasteiger partial charge in [-0.25, -0.2) is 0 Å². The average molecular weight is 327 g/mol. The molecule has 0 atom stereocenters. The van der Waals surface area contributed by atoms with Gasteiger partial charge in [0.2, 0.25) is 0 Å². The zero-order chi connectivity index (χ0) is 13.7. The van der Waals surface area contributed by atoms with Crippen LogP contribution >= 0.6 is 15.9 Å². The molecule has 0 aromatic heterocycles. The molecule has 0 saturated carbocycles. The number of amides is 1. The van der Waals surface area contributed by atoms with Crippen LogP contribution in [0.1, 0.15) is 23.2 Å². The largest absolute Gasteiger partial charge is 0.497 e. The van der Waals surface area contributed by atoms with Crippen LogP contribution in [-0.4, -0.2) is 32.7 Å². The first kappa shape index (κ1) is 14.3. The number of hydrogen-bond donors (Lipinski definition) is 2. The summed E-state index contributed by atoms with van der Waals surface area (Å²) in [6.07, 6.45) is 2.25. The van der Waals surface area contributed by atoms with Crippen LogP contribution in [0.5, 0.6) is 5.75 Å². The van der Waals surface area contributed by atoms with Gasteiger partial charge in [0.1, 0.15) is 5.75 Å². The molecule has 4 nitrogen and oxygen atoms in total. The molecule has 2 rings (SSSR count). The van der Waals surface area contributed by atoms with E-state index in [1.54, 1.807) is 13.2 Å². The SMILES string of the molecule is COc1ccc(Br)c(C(=O)NCC2CCNCC2)c1. The van der Waals surface area contributed by atoms with E-state index in [0.29, 0.717) is 17.2 Å². The van der Waals surface area contributed by atoms with Crippen molar-refractivity contribution in [1.29, 1.82) is 0 Å². The van der Waals surface area contributed by atoms with Gasteiger partial charge in [0.25, 0.3) is 5.91 Å². The van der Waals surface area contributed by atoms with Crippen molar-refractivity contribution >= 4 is 21.8 Å². The normalized spacial score (nSPS) is 16.1. The van der Waals surface area contributed by atoms with E-state index in [0.717, 1.165) is 36.9 Å². The number of nitrogens with one attached hydrogen (secondary N) is 2. The number of hydrogen-bond acceptors (Lipinski definition) is 3. The molecule has 19 heavy (non-hydrogen) atoms. The van der Waals surface area contributed by atoms with Crippen molar-refractivity contribution in [3.05, 3.63) is 28.2 Å². The number of ether oxygens (including phenoxy) is 1. The Morgan fingerprint density at radius 1 is 1.47 bits per heavy atom. The van der Waals surface area contributed by atoms with Crippen LogP contribution in [0.15, 0.2) is 22.7 Å². The Morgan fingerprint density at radius 3 is 2.89 bits per heavy atom. The summed E-state index contributed by atoms with van der Waals surface area (Å²) in [5, 5.41) is 6.33. The minimum absolute atomic E-state index is 0.0516. The van der Waals surface area contributed by atoms with E-state index < -0.39 is 0 Å². The van der Waals surface area contributed by atoms with Gasteiger partial charge in [-0.15, -0.1) is 0 Å². The summed E-state index contributed by atoms with van der Waals surface area (Å²) in [7, 11) is 1.60. The van der Waals surface area contributed by atoms with Crippen molar-refractivity contribution in [3.8, 4) is 5.75 Å². The zero-order valence-electron chi connectivity index (χ0n) is 11.0. The first-order valence-electron chi connectivity index (χ1n) is 6.53. The van der Waals surface area contributed by atoms with Gasteiger partial charge in [-0.1, -0.05) is 0 Å². The predicted molar refractivity (Wildman–Crippen MR) is 78.6 cm³/mol. The summed E-state index contributed by atoms with van der Waals surface area (Å²) >= 11 is 3.40. The second-order valence-electron chi connectivity index (χ2n) is 4.75. The second kappa shape index (κ2) is 6.91. The van der Waals surface area contributed by atoms with E-state index in [-0.39, 0.29) is 5.91 Å². The highest BCUT2D eigenvalue weighted by Gasteiger charge is 2.16. The number of benzene rings is 1. The third-order valence-corrected chi connectivity index (χ3v) is 4.12. The standard InChI is InChI=1S/C14H19BrN2O2/c1-19-11-2-3-13(15)12(8-11)14(18)17-9-10-4-6-16-7-5-10/h2-3,8,10,16H,4-7,9H2,1H3,(H,17,18). The van der Waals surface area contributed by atoms with Crippen molar-refractivity contribution in [3.63, 3.8) is 0 Å². The summed E-state index contributed by atoms with van der Waals surface area (Å²) in [6.45, 7) is 2.83. The molecule has 1 aromatic carbocycles. The van der Waals surface area contributed by atoms with Gasteiger partial charge in [0.05, 0.1) is 12.7 Å². The van der Waals surface area contributed by atoms with E-state index in [1.165, 1.54) is 0 Å². The molecule has 1 aliphatic rings. The highest BCUT2D eigenvalue weighted by molar-refractivity contribution is 9.10. The molecule has 0 aliphatic carbocycles. The van der Waals surface area contributed by atoms with Gasteiger partial charge < -0.3 is 15.4 Å². The predicted octanol–water partition coefficient (Wildman–Crippen LogP) is 2.19. The number of methoxy groups -OCH3 is 1. The Morgan fingerprint density at radius 2 is 2.21 bits per heavy atom. The van der Waals surface area contributed by atoms with Gasteiger partial charge in [-0.3, -0.25) is 4.79 Å². The fourth-order valence-electron chi connectivity index (χ4n) is 2.22. The zero-order valence-corrected chi connectivity index (χ0v) is 12.6. The van der Waals surface area contributed by atoms with E-state index in [2.05, 4.69) is 26.6 Å². The van der Waals surface area contributed by atoms with E-state index in [9.17, 15) is 4.79 Å². The average Bonchev–Trinajstić information content (AvgIpc) is 2.46. The molecule has 0 radical (unpaired) electrons. The monoisotopic (exact) mass is 326 g/mol. The smallest absolute Gasteiger partial charge is 0.252 e. The van der Waals surface area contributed by atoms with Crippen molar-refractivity contribution < 1.29 is 9.53 Å². The van der Waals surface area contributed by atoms with Crippen LogP contribution in [-0.2, 0) is 0 Å². The topological polar surface area (TPSA) is 50.4 Å². The Bertz CT molecular complexity index is 445. The first-order valence-corrected chi connectivity index (χ1v) is 7.32. The van der Waals surface area contributed by atoms with Crippen molar-refractivity contribution in [2.45, 2.75) is 12.8 Å². The van der Waals surface area contributed by atoms with E-state index in [1.807, 2.05) is 12.1 Å². The molecule has 1 fully saturated rings.